The van der Waals surface area contributed by atoms with Crippen LogP contribution in [0.15, 0.2) is 18.2 Å². The van der Waals surface area contributed by atoms with Gasteiger partial charge in [0.2, 0.25) is 0 Å². The van der Waals surface area contributed by atoms with E-state index in [9.17, 15) is 10.1 Å². The summed E-state index contributed by atoms with van der Waals surface area (Å²) in [6.07, 6.45) is 5.34. The van der Waals surface area contributed by atoms with Gasteiger partial charge in [-0.15, -0.1) is 0 Å². The zero-order chi connectivity index (χ0) is 16.4. The Morgan fingerprint density at radius 1 is 1.30 bits per heavy atom. The summed E-state index contributed by atoms with van der Waals surface area (Å²) in [5, 5.41) is 18.7. The van der Waals surface area contributed by atoms with Crippen LogP contribution in [0.2, 0.25) is 0 Å². The summed E-state index contributed by atoms with van der Waals surface area (Å²) in [6.45, 7) is 0. The number of hydrogen-bond acceptors (Lipinski definition) is 4. The molecule has 3 rings (SSSR count). The molecule has 0 bridgehead atoms. The molecule has 0 heterocycles. The quantitative estimate of drug-likeness (QED) is 0.902. The molecule has 1 aromatic carbocycles. The molecule has 2 saturated carbocycles. The number of hydrogen-bond donors (Lipinski definition) is 1. The fourth-order valence-electron chi connectivity index (χ4n) is 3.60. The first-order chi connectivity index (χ1) is 11.1. The molecule has 1 aromatic rings. The highest BCUT2D eigenvalue weighted by molar-refractivity contribution is 5.73. The fourth-order valence-corrected chi connectivity index (χ4v) is 3.60. The van der Waals surface area contributed by atoms with E-state index in [0.717, 1.165) is 18.4 Å². The van der Waals surface area contributed by atoms with Gasteiger partial charge in [0.1, 0.15) is 0 Å². The second-order valence-corrected chi connectivity index (χ2v) is 6.53. The van der Waals surface area contributed by atoms with Crippen LogP contribution in [-0.4, -0.2) is 24.3 Å². The van der Waals surface area contributed by atoms with Gasteiger partial charge in [0, 0.05) is 0 Å². The lowest BCUT2D eigenvalue weighted by Crippen LogP contribution is -2.43. The van der Waals surface area contributed by atoms with Crippen LogP contribution in [0, 0.1) is 17.2 Å². The van der Waals surface area contributed by atoms with Crippen molar-refractivity contribution < 1.29 is 19.4 Å². The molecule has 2 aliphatic rings. The lowest BCUT2D eigenvalue weighted by Gasteiger charge is -2.40. The van der Waals surface area contributed by atoms with Gasteiger partial charge in [-0.25, -0.2) is 0 Å². The molecule has 122 valence electrons. The Labute approximate surface area is 135 Å². The van der Waals surface area contributed by atoms with Gasteiger partial charge in [0.15, 0.2) is 11.5 Å². The Morgan fingerprint density at radius 2 is 2.00 bits per heavy atom. The molecule has 2 fully saturated rings. The van der Waals surface area contributed by atoms with E-state index in [-0.39, 0.29) is 6.10 Å². The molecule has 0 aliphatic heterocycles. The fraction of sp³-hybridized carbons (Fsp3) is 0.556. The molecule has 23 heavy (non-hydrogen) atoms. The topological polar surface area (TPSA) is 79.5 Å². The molecular formula is C18H21NO4. The van der Waals surface area contributed by atoms with Crippen LogP contribution in [0.3, 0.4) is 0 Å². The normalized spacial score (nSPS) is 27.0. The number of ether oxygens (including phenoxy) is 2. The first-order valence-electron chi connectivity index (χ1n) is 8.07. The number of carboxylic acids is 1. The minimum atomic E-state index is -0.827. The van der Waals surface area contributed by atoms with Gasteiger partial charge < -0.3 is 14.6 Å². The Bertz CT molecular complexity index is 637. The van der Waals surface area contributed by atoms with Crippen LogP contribution in [0.25, 0.3) is 0 Å². The molecule has 0 unspecified atom stereocenters. The smallest absolute Gasteiger partial charge is 0.306 e. The molecule has 5 nitrogen and oxygen atoms in total. The van der Waals surface area contributed by atoms with E-state index < -0.39 is 17.3 Å². The molecule has 0 radical (unpaired) electrons. The standard InChI is InChI=1S/C18H21NO4/c1-22-15-7-6-13(8-16(15)23-14-4-2-3-5-14)18(11-19)9-12(10-18)17(20)21/h6-8,12,14H,2-5,9-10H2,1H3,(H,20,21)/t12-,18+. The van der Waals surface area contributed by atoms with Gasteiger partial charge in [-0.3, -0.25) is 4.79 Å². The number of nitrogens with zero attached hydrogens (tertiary/aromatic N) is 1. The predicted octanol–water partition coefficient (Wildman–Crippen LogP) is 3.27. The summed E-state index contributed by atoms with van der Waals surface area (Å²) in [5.74, 6) is 0.0518. The third kappa shape index (κ3) is 2.86. The van der Waals surface area contributed by atoms with E-state index >= 15 is 0 Å². The summed E-state index contributed by atoms with van der Waals surface area (Å²) < 4.78 is 11.4. The van der Waals surface area contributed by atoms with Crippen LogP contribution in [0.4, 0.5) is 0 Å². The molecule has 5 heteroatoms. The molecule has 0 spiro atoms. The number of aliphatic carboxylic acids is 1. The summed E-state index contributed by atoms with van der Waals surface area (Å²) in [7, 11) is 1.60. The molecule has 2 aliphatic carbocycles. The van der Waals surface area contributed by atoms with Crippen molar-refractivity contribution in [2.75, 3.05) is 7.11 Å². The zero-order valence-electron chi connectivity index (χ0n) is 13.2. The number of methoxy groups -OCH3 is 1. The zero-order valence-corrected chi connectivity index (χ0v) is 13.2. The molecule has 0 amide bonds. The van der Waals surface area contributed by atoms with Crippen molar-refractivity contribution >= 4 is 5.97 Å². The van der Waals surface area contributed by atoms with E-state index in [2.05, 4.69) is 6.07 Å². The van der Waals surface area contributed by atoms with Crippen molar-refractivity contribution in [3.63, 3.8) is 0 Å². The Hall–Kier alpha value is -2.22. The average molecular weight is 315 g/mol. The van der Waals surface area contributed by atoms with Crippen molar-refractivity contribution in [2.24, 2.45) is 5.92 Å². The maximum atomic E-state index is 11.1. The SMILES string of the molecule is COc1ccc([C@]2(C#N)C[C@H](C(=O)O)C2)cc1OC1CCCC1. The van der Waals surface area contributed by atoms with Crippen molar-refractivity contribution in [3.8, 4) is 17.6 Å². The molecule has 0 aromatic heterocycles. The third-order valence-corrected chi connectivity index (χ3v) is 5.07. The minimum absolute atomic E-state index is 0.199. The van der Waals surface area contributed by atoms with Crippen LogP contribution in [0.1, 0.15) is 44.1 Å². The number of rotatable bonds is 5. The lowest BCUT2D eigenvalue weighted by atomic mass is 9.59. The van der Waals surface area contributed by atoms with E-state index in [0.29, 0.717) is 24.3 Å². The van der Waals surface area contributed by atoms with E-state index in [1.54, 1.807) is 7.11 Å². The third-order valence-electron chi connectivity index (χ3n) is 5.07. The average Bonchev–Trinajstić information content (AvgIpc) is 3.00. The minimum Gasteiger partial charge on any atom is -0.493 e. The van der Waals surface area contributed by atoms with Gasteiger partial charge in [-0.05, 0) is 56.2 Å². The maximum Gasteiger partial charge on any atom is 0.306 e. The van der Waals surface area contributed by atoms with Gasteiger partial charge in [-0.1, -0.05) is 6.07 Å². The second-order valence-electron chi connectivity index (χ2n) is 6.53. The number of nitriles is 1. The monoisotopic (exact) mass is 315 g/mol. The van der Waals surface area contributed by atoms with Gasteiger partial charge >= 0.3 is 5.97 Å². The predicted molar refractivity (Wildman–Crippen MR) is 83.5 cm³/mol. The number of carbonyl (C=O) groups is 1. The summed E-state index contributed by atoms with van der Waals surface area (Å²) >= 11 is 0. The maximum absolute atomic E-state index is 11.1. The van der Waals surface area contributed by atoms with Crippen LogP contribution < -0.4 is 9.47 Å². The van der Waals surface area contributed by atoms with Gasteiger partial charge in [-0.2, -0.15) is 5.26 Å². The number of benzene rings is 1. The van der Waals surface area contributed by atoms with E-state index in [1.807, 2.05) is 18.2 Å². The first-order valence-corrected chi connectivity index (χ1v) is 8.07. The van der Waals surface area contributed by atoms with Crippen molar-refractivity contribution in [2.45, 2.75) is 50.0 Å². The summed E-state index contributed by atoms with van der Waals surface area (Å²) in [5.41, 5.74) is 0.106. The Morgan fingerprint density at radius 3 is 2.57 bits per heavy atom. The second kappa shape index (κ2) is 6.11. The number of carboxylic acid groups (broad SMARTS) is 1. The largest absolute Gasteiger partial charge is 0.493 e. The Balaban J connectivity index is 1.85. The van der Waals surface area contributed by atoms with Crippen LogP contribution in [0.5, 0.6) is 11.5 Å². The summed E-state index contributed by atoms with van der Waals surface area (Å²) in [6, 6.07) is 7.84. The summed E-state index contributed by atoms with van der Waals surface area (Å²) in [4.78, 5) is 11.1. The highest BCUT2D eigenvalue weighted by Gasteiger charge is 2.49. The van der Waals surface area contributed by atoms with Crippen LogP contribution in [-0.2, 0) is 10.2 Å². The van der Waals surface area contributed by atoms with Crippen molar-refractivity contribution in [1.29, 1.82) is 5.26 Å². The van der Waals surface area contributed by atoms with Crippen LogP contribution >= 0.6 is 0 Å². The highest BCUT2D eigenvalue weighted by Crippen LogP contribution is 2.49. The van der Waals surface area contributed by atoms with Gasteiger partial charge in [0.05, 0.1) is 30.6 Å². The molecule has 0 saturated heterocycles. The first kappa shape index (κ1) is 15.7. The highest BCUT2D eigenvalue weighted by atomic mass is 16.5. The Kier molecular flexibility index (Phi) is 4.16. The van der Waals surface area contributed by atoms with Crippen molar-refractivity contribution in [3.05, 3.63) is 23.8 Å². The molecule has 0 atom stereocenters. The van der Waals surface area contributed by atoms with E-state index in [1.165, 1.54) is 12.8 Å². The van der Waals surface area contributed by atoms with E-state index in [4.69, 9.17) is 14.6 Å². The molecule has 1 N–H and O–H groups in total. The van der Waals surface area contributed by atoms with Gasteiger partial charge in [0.25, 0.3) is 0 Å². The van der Waals surface area contributed by atoms with Crippen molar-refractivity contribution in [1.82, 2.24) is 0 Å². The molecular weight excluding hydrogens is 294 g/mol. The lowest BCUT2D eigenvalue weighted by molar-refractivity contribution is -0.146.